The van der Waals surface area contributed by atoms with Gasteiger partial charge in [0.25, 0.3) is 0 Å². The van der Waals surface area contributed by atoms with Gasteiger partial charge in [0, 0.05) is 38.3 Å². The first-order valence-electron chi connectivity index (χ1n) is 8.05. The van der Waals surface area contributed by atoms with Gasteiger partial charge in [-0.1, -0.05) is 18.3 Å². The fourth-order valence-corrected chi connectivity index (χ4v) is 3.57. The number of carbonyl (C=O) groups is 2. The first-order valence-corrected chi connectivity index (χ1v) is 8.87. The molecule has 0 aromatic carbocycles. The molecule has 0 saturated carbocycles. The molecule has 1 saturated heterocycles. The molecule has 1 unspecified atom stereocenters. The molecule has 8 nitrogen and oxygen atoms in total. The second kappa shape index (κ2) is 7.52. The number of aryl methyl sites for hydroxylation is 1. The van der Waals surface area contributed by atoms with Crippen molar-refractivity contribution in [3.05, 3.63) is 23.5 Å². The van der Waals surface area contributed by atoms with Gasteiger partial charge in [-0.05, 0) is 12.5 Å². The van der Waals surface area contributed by atoms with Crippen molar-refractivity contribution in [1.29, 1.82) is 0 Å². The minimum Gasteiger partial charge on any atom is -0.354 e. The van der Waals surface area contributed by atoms with Gasteiger partial charge in [0.05, 0.1) is 12.5 Å². The zero-order valence-electron chi connectivity index (χ0n) is 13.5. The van der Waals surface area contributed by atoms with E-state index in [4.69, 9.17) is 0 Å². The van der Waals surface area contributed by atoms with E-state index in [-0.39, 0.29) is 24.2 Å². The SMILES string of the molecule is CCCc1nnc(N2CC(C(=O)NCCn3cccn3)CC2=O)s1. The summed E-state index contributed by atoms with van der Waals surface area (Å²) in [5.41, 5.74) is 0. The molecule has 24 heavy (non-hydrogen) atoms. The van der Waals surface area contributed by atoms with Crippen LogP contribution >= 0.6 is 11.3 Å². The molecule has 3 rings (SSSR count). The number of hydrogen-bond donors (Lipinski definition) is 1. The van der Waals surface area contributed by atoms with E-state index in [1.165, 1.54) is 11.3 Å². The monoisotopic (exact) mass is 348 g/mol. The van der Waals surface area contributed by atoms with Gasteiger partial charge in [-0.2, -0.15) is 5.10 Å². The van der Waals surface area contributed by atoms with Crippen LogP contribution in [-0.4, -0.2) is 44.9 Å². The van der Waals surface area contributed by atoms with E-state index < -0.39 is 0 Å². The lowest BCUT2D eigenvalue weighted by Gasteiger charge is -2.12. The van der Waals surface area contributed by atoms with Crippen molar-refractivity contribution >= 4 is 28.3 Å². The fourth-order valence-electron chi connectivity index (χ4n) is 2.61. The number of nitrogens with zero attached hydrogens (tertiary/aromatic N) is 5. The molecular weight excluding hydrogens is 328 g/mol. The third-order valence-corrected chi connectivity index (χ3v) is 4.85. The Labute approximate surface area is 143 Å². The van der Waals surface area contributed by atoms with Gasteiger partial charge in [-0.25, -0.2) is 0 Å². The van der Waals surface area contributed by atoms with Crippen molar-refractivity contribution in [3.8, 4) is 0 Å². The molecule has 0 aliphatic carbocycles. The number of carbonyl (C=O) groups excluding carboxylic acids is 2. The number of hydrogen-bond acceptors (Lipinski definition) is 6. The smallest absolute Gasteiger partial charge is 0.229 e. The molecule has 1 fully saturated rings. The third-order valence-electron chi connectivity index (χ3n) is 3.85. The van der Waals surface area contributed by atoms with Crippen LogP contribution < -0.4 is 10.2 Å². The highest BCUT2D eigenvalue weighted by Gasteiger charge is 2.36. The highest BCUT2D eigenvalue weighted by Crippen LogP contribution is 2.28. The van der Waals surface area contributed by atoms with Crippen LogP contribution in [0.5, 0.6) is 0 Å². The zero-order chi connectivity index (χ0) is 16.9. The van der Waals surface area contributed by atoms with Gasteiger partial charge >= 0.3 is 0 Å². The van der Waals surface area contributed by atoms with E-state index in [2.05, 4.69) is 27.5 Å². The van der Waals surface area contributed by atoms with E-state index in [1.807, 2.05) is 12.3 Å². The van der Waals surface area contributed by atoms with E-state index in [0.29, 0.717) is 24.8 Å². The normalized spacial score (nSPS) is 17.5. The maximum absolute atomic E-state index is 12.3. The minimum atomic E-state index is -0.339. The Balaban J connectivity index is 1.52. The molecule has 1 atom stereocenters. The number of anilines is 1. The maximum atomic E-state index is 12.3. The minimum absolute atomic E-state index is 0.0681. The molecule has 1 aliphatic rings. The average Bonchev–Trinajstić information content (AvgIpc) is 3.28. The lowest BCUT2D eigenvalue weighted by atomic mass is 10.1. The Morgan fingerprint density at radius 3 is 3.08 bits per heavy atom. The summed E-state index contributed by atoms with van der Waals surface area (Å²) in [7, 11) is 0. The highest BCUT2D eigenvalue weighted by atomic mass is 32.1. The molecule has 1 N–H and O–H groups in total. The topological polar surface area (TPSA) is 93.0 Å². The van der Waals surface area contributed by atoms with Crippen molar-refractivity contribution in [2.24, 2.45) is 5.92 Å². The Kier molecular flexibility index (Phi) is 5.19. The largest absolute Gasteiger partial charge is 0.354 e. The van der Waals surface area contributed by atoms with E-state index in [0.717, 1.165) is 17.8 Å². The first-order chi connectivity index (χ1) is 11.7. The number of nitrogens with one attached hydrogen (secondary N) is 1. The molecule has 3 heterocycles. The van der Waals surface area contributed by atoms with Crippen LogP contribution in [0.15, 0.2) is 18.5 Å². The summed E-state index contributed by atoms with van der Waals surface area (Å²) in [6.07, 6.45) is 5.61. The van der Waals surface area contributed by atoms with Gasteiger partial charge in [0.2, 0.25) is 16.9 Å². The van der Waals surface area contributed by atoms with Crippen LogP contribution in [0.25, 0.3) is 0 Å². The van der Waals surface area contributed by atoms with Crippen molar-refractivity contribution in [3.63, 3.8) is 0 Å². The van der Waals surface area contributed by atoms with Gasteiger partial charge in [0.15, 0.2) is 0 Å². The van der Waals surface area contributed by atoms with E-state index >= 15 is 0 Å². The van der Waals surface area contributed by atoms with Crippen LogP contribution in [0.2, 0.25) is 0 Å². The summed E-state index contributed by atoms with van der Waals surface area (Å²) in [6, 6.07) is 1.84. The van der Waals surface area contributed by atoms with E-state index in [9.17, 15) is 9.59 Å². The molecular formula is C15H20N6O2S. The Hall–Kier alpha value is -2.29. The highest BCUT2D eigenvalue weighted by molar-refractivity contribution is 7.15. The summed E-state index contributed by atoms with van der Waals surface area (Å²) < 4.78 is 1.75. The summed E-state index contributed by atoms with van der Waals surface area (Å²) in [4.78, 5) is 26.0. The number of rotatable bonds is 7. The summed E-state index contributed by atoms with van der Waals surface area (Å²) in [6.45, 7) is 3.55. The van der Waals surface area contributed by atoms with E-state index in [1.54, 1.807) is 15.8 Å². The van der Waals surface area contributed by atoms with Crippen molar-refractivity contribution in [1.82, 2.24) is 25.3 Å². The van der Waals surface area contributed by atoms with Gasteiger partial charge in [-0.3, -0.25) is 19.2 Å². The molecule has 2 amide bonds. The third kappa shape index (κ3) is 3.78. The van der Waals surface area contributed by atoms with Crippen molar-refractivity contribution < 1.29 is 9.59 Å². The predicted molar refractivity (Wildman–Crippen MR) is 89.6 cm³/mol. The lowest BCUT2D eigenvalue weighted by Crippen LogP contribution is -2.34. The van der Waals surface area contributed by atoms with Crippen LogP contribution in [0.4, 0.5) is 5.13 Å². The van der Waals surface area contributed by atoms with Gasteiger partial charge < -0.3 is 5.32 Å². The fraction of sp³-hybridized carbons (Fsp3) is 0.533. The quantitative estimate of drug-likeness (QED) is 0.801. The standard InChI is InChI=1S/C15H20N6O2S/c1-2-4-12-18-19-15(24-12)21-10-11(9-13(21)22)14(23)16-6-8-20-7-3-5-17-20/h3,5,7,11H,2,4,6,8-10H2,1H3,(H,16,23). The number of aromatic nitrogens is 4. The number of amides is 2. The van der Waals surface area contributed by atoms with Crippen LogP contribution in [0, 0.1) is 5.92 Å². The Morgan fingerprint density at radius 2 is 2.33 bits per heavy atom. The molecule has 0 bridgehead atoms. The second-order valence-corrected chi connectivity index (χ2v) is 6.73. The van der Waals surface area contributed by atoms with Gasteiger partial charge in [0.1, 0.15) is 5.01 Å². The molecule has 2 aromatic heterocycles. The summed E-state index contributed by atoms with van der Waals surface area (Å²) >= 11 is 1.43. The molecule has 9 heteroatoms. The molecule has 128 valence electrons. The molecule has 0 spiro atoms. The van der Waals surface area contributed by atoms with Crippen LogP contribution in [0.3, 0.4) is 0 Å². The predicted octanol–water partition coefficient (Wildman–Crippen LogP) is 0.856. The zero-order valence-corrected chi connectivity index (χ0v) is 14.3. The van der Waals surface area contributed by atoms with Crippen LogP contribution in [-0.2, 0) is 22.6 Å². The molecule has 1 aliphatic heterocycles. The van der Waals surface area contributed by atoms with Crippen LogP contribution in [0.1, 0.15) is 24.8 Å². The first kappa shape index (κ1) is 16.6. The molecule has 2 aromatic rings. The average molecular weight is 348 g/mol. The second-order valence-electron chi connectivity index (χ2n) is 5.69. The lowest BCUT2D eigenvalue weighted by molar-refractivity contribution is -0.126. The summed E-state index contributed by atoms with van der Waals surface area (Å²) in [5, 5.41) is 16.7. The van der Waals surface area contributed by atoms with Gasteiger partial charge in [-0.15, -0.1) is 10.2 Å². The Bertz CT molecular complexity index is 699. The Morgan fingerprint density at radius 1 is 1.46 bits per heavy atom. The van der Waals surface area contributed by atoms with Crippen molar-refractivity contribution in [2.45, 2.75) is 32.7 Å². The van der Waals surface area contributed by atoms with Crippen molar-refractivity contribution in [2.75, 3.05) is 18.0 Å². The summed E-state index contributed by atoms with van der Waals surface area (Å²) in [5.74, 6) is -0.508. The maximum Gasteiger partial charge on any atom is 0.229 e. The molecule has 0 radical (unpaired) electrons.